The molecule has 1 atom stereocenters. The molecule has 0 radical (unpaired) electrons. The van der Waals surface area contributed by atoms with Gasteiger partial charge in [0.1, 0.15) is 0 Å². The number of para-hydroxylation sites is 3. The van der Waals surface area contributed by atoms with Crippen molar-refractivity contribution in [3.05, 3.63) is 102 Å². The molecule has 49 heavy (non-hydrogen) atoms. The van der Waals surface area contributed by atoms with E-state index in [1.54, 1.807) is 14.0 Å². The summed E-state index contributed by atoms with van der Waals surface area (Å²) in [5, 5.41) is 1.16. The average Bonchev–Trinajstić information content (AvgIpc) is 3.56. The van der Waals surface area contributed by atoms with Crippen LogP contribution in [0, 0.1) is 13.8 Å². The van der Waals surface area contributed by atoms with Gasteiger partial charge in [-0.2, -0.15) is 6.67 Å². The van der Waals surface area contributed by atoms with Crippen molar-refractivity contribution in [3.8, 4) is 5.75 Å². The summed E-state index contributed by atoms with van der Waals surface area (Å²) >= 11 is -1.96. The first-order chi connectivity index (χ1) is 23.1. The van der Waals surface area contributed by atoms with Crippen molar-refractivity contribution in [1.82, 2.24) is 5.06 Å². The molecular weight excluding hydrogens is 742 g/mol. The number of rotatable bonds is 11. The first-order valence-electron chi connectivity index (χ1n) is 17.0. The van der Waals surface area contributed by atoms with E-state index in [1.807, 2.05) is 28.9 Å². The normalized spacial score (nSPS) is 14.0. The molecule has 4 rings (SSSR count). The van der Waals surface area contributed by atoms with E-state index in [0.717, 1.165) is 29.5 Å². The third kappa shape index (κ3) is 10.3. The van der Waals surface area contributed by atoms with Crippen LogP contribution in [0.2, 0.25) is 0 Å². The molecule has 1 aliphatic rings. The van der Waals surface area contributed by atoms with Gasteiger partial charge in [-0.1, -0.05) is 91.8 Å². The van der Waals surface area contributed by atoms with E-state index >= 15 is 0 Å². The van der Waals surface area contributed by atoms with Gasteiger partial charge in [-0.25, -0.2) is 0 Å². The predicted molar refractivity (Wildman–Crippen MR) is 207 cm³/mol. The first-order valence-corrected chi connectivity index (χ1v) is 22.5. The second-order valence-electron chi connectivity index (χ2n) is 13.6. The summed E-state index contributed by atoms with van der Waals surface area (Å²) in [4.78, 5) is 22.0. The Bertz CT molecular complexity index is 1450. The van der Waals surface area contributed by atoms with Gasteiger partial charge in [0.05, 0.1) is 0 Å². The minimum atomic E-state index is -1.96. The van der Waals surface area contributed by atoms with Crippen molar-refractivity contribution in [3.63, 3.8) is 0 Å². The van der Waals surface area contributed by atoms with Crippen LogP contribution >= 0.6 is 19.4 Å². The molecule has 0 spiro atoms. The Balaban J connectivity index is 0.000000286. The summed E-state index contributed by atoms with van der Waals surface area (Å²) in [6.45, 7) is 24.6. The van der Waals surface area contributed by atoms with Gasteiger partial charge in [0.15, 0.2) is 0 Å². The number of nitrogens with zero attached hydrogens (tertiary/aromatic N) is 3. The molecule has 1 unspecified atom stereocenters. The summed E-state index contributed by atoms with van der Waals surface area (Å²) in [7, 11) is 18.7. The number of anilines is 2. The van der Waals surface area contributed by atoms with Crippen molar-refractivity contribution in [2.24, 2.45) is 0 Å². The zero-order valence-electron chi connectivity index (χ0n) is 31.1. The Labute approximate surface area is 309 Å². The number of hydroxylamine groups is 2. The first kappa shape index (κ1) is 41.0. The van der Waals surface area contributed by atoms with Crippen LogP contribution in [0.5, 0.6) is 5.75 Å². The quantitative estimate of drug-likeness (QED) is 0.0838. The van der Waals surface area contributed by atoms with Crippen LogP contribution in [0.15, 0.2) is 60.7 Å². The number of likely N-dealkylation sites (N-methyl/N-ethyl adjacent to an activating group) is 1. The van der Waals surface area contributed by atoms with Crippen molar-refractivity contribution in [2.45, 2.75) is 92.1 Å². The molecule has 3 aromatic carbocycles. The van der Waals surface area contributed by atoms with E-state index in [-0.39, 0.29) is 5.91 Å². The van der Waals surface area contributed by atoms with Crippen LogP contribution in [-0.2, 0) is 27.5 Å². The van der Waals surface area contributed by atoms with Crippen LogP contribution < -0.4 is 9.80 Å². The summed E-state index contributed by atoms with van der Waals surface area (Å²) in [5.74, 6) is 2.55. The Morgan fingerprint density at radius 2 is 1.20 bits per heavy atom. The maximum atomic E-state index is 12.1. The molecule has 1 saturated heterocycles. The fourth-order valence-electron chi connectivity index (χ4n) is 6.07. The average molecular weight is 799 g/mol. The van der Waals surface area contributed by atoms with Crippen molar-refractivity contribution in [2.75, 3.05) is 37.0 Å². The van der Waals surface area contributed by atoms with Gasteiger partial charge in [0.2, 0.25) is 0 Å². The van der Waals surface area contributed by atoms with Crippen LogP contribution in [-0.4, -0.2) is 48.9 Å². The molecule has 0 saturated carbocycles. The number of hydrogen-bond donors (Lipinski definition) is 0. The Morgan fingerprint density at radius 3 is 1.57 bits per heavy atom. The Kier molecular flexibility index (Phi) is 15.6. The molecule has 0 bridgehead atoms. The molecule has 0 aromatic heterocycles. The van der Waals surface area contributed by atoms with Crippen molar-refractivity contribution < 1.29 is 27.5 Å². The third-order valence-corrected chi connectivity index (χ3v) is 10.7. The Morgan fingerprint density at radius 1 is 0.796 bits per heavy atom. The summed E-state index contributed by atoms with van der Waals surface area (Å²) in [5.41, 5.74) is 9.51. The second-order valence-corrected chi connectivity index (χ2v) is 19.4. The van der Waals surface area contributed by atoms with E-state index in [1.165, 1.54) is 40.7 Å². The number of carbonyl (C=O) groups excluding carboxylic acids is 1. The number of benzene rings is 3. The molecule has 1 amide bonds. The Hall–Kier alpha value is -2.44. The van der Waals surface area contributed by atoms with E-state index < -0.39 is 19.6 Å². The topological polar surface area (TPSA) is 38.7 Å². The standard InChI is InChI=1S/C27H39N2.C13H17NO3.2ClH.Ru/c1-18(2)22-11-9-12-23(19(3)4)26(22)28-15-16-29(17-28)27-24(20(5)6)13-10-14-25(27)21(7)8;1-10-8-6-7-9-12(10)17(5)11(2)13(15)14(3)16-4;;;/h9-14,17-21H,15-16H2,1-8H3;1,6-9,11H,5H2,2-4H3;2*1H;/q-1;;;;+2/p-2. The van der Waals surface area contributed by atoms with E-state index in [9.17, 15) is 4.79 Å². The monoisotopic (exact) mass is 798 g/mol. The molecule has 9 heteroatoms. The van der Waals surface area contributed by atoms with E-state index in [4.69, 9.17) is 24.2 Å². The minimum absolute atomic E-state index is 0.228. The molecule has 0 N–H and O–H groups in total. The van der Waals surface area contributed by atoms with Gasteiger partial charge in [0, 0.05) is 24.5 Å². The number of carbonyl (C=O) groups is 1. The summed E-state index contributed by atoms with van der Waals surface area (Å²) < 4.78 is 4.36. The van der Waals surface area contributed by atoms with Crippen LogP contribution in [0.3, 0.4) is 0 Å². The molecule has 272 valence electrons. The zero-order valence-corrected chi connectivity index (χ0v) is 34.4. The van der Waals surface area contributed by atoms with Crippen LogP contribution in [0.4, 0.5) is 11.4 Å². The summed E-state index contributed by atoms with van der Waals surface area (Å²) in [6, 6.07) is 21.1. The van der Waals surface area contributed by atoms with Crippen molar-refractivity contribution in [1.29, 1.82) is 0 Å². The van der Waals surface area contributed by atoms with Gasteiger partial charge in [0.25, 0.3) is 0 Å². The molecule has 6 nitrogen and oxygen atoms in total. The van der Waals surface area contributed by atoms with E-state index in [2.05, 4.69) is 120 Å². The number of halogens is 2. The van der Waals surface area contributed by atoms with Gasteiger partial charge in [-0.15, -0.1) is 0 Å². The van der Waals surface area contributed by atoms with Gasteiger partial charge in [-0.05, 0) is 45.9 Å². The maximum absolute atomic E-state index is 12.1. The van der Waals surface area contributed by atoms with Crippen LogP contribution in [0.1, 0.15) is 114 Å². The predicted octanol–water partition coefficient (Wildman–Crippen LogP) is 10.9. The molecule has 3 aromatic rings. The van der Waals surface area contributed by atoms with Crippen LogP contribution in [0.25, 0.3) is 0 Å². The molecule has 1 fully saturated rings. The van der Waals surface area contributed by atoms with Gasteiger partial charge >= 0.3 is 132 Å². The molecule has 1 aliphatic heterocycles. The third-order valence-electron chi connectivity index (χ3n) is 8.87. The second kappa shape index (κ2) is 18.7. The summed E-state index contributed by atoms with van der Waals surface area (Å²) in [6.07, 6.45) is -0.555. The fourth-order valence-corrected chi connectivity index (χ4v) is 7.88. The van der Waals surface area contributed by atoms with Crippen molar-refractivity contribution >= 4 is 41.3 Å². The SMILES string of the molecule is CC(C)c1cccc(C(C)C)c1N1[CH-]N(c2c(C(C)C)cccc2C(C)C)CC1.[CH2-][O+](c1ccccc1[CH]=[Ru]([Cl])[Cl])C(C)C(=O)N(C)OC. The molecule has 0 aliphatic carbocycles. The van der Waals surface area contributed by atoms with Gasteiger partial charge < -0.3 is 9.80 Å². The van der Waals surface area contributed by atoms with Gasteiger partial charge in [-0.3, -0.25) is 0 Å². The zero-order chi connectivity index (χ0) is 36.6. The fraction of sp³-hybridized carbons (Fsp3) is 0.450. The molecule has 1 heterocycles. The van der Waals surface area contributed by atoms with E-state index in [0.29, 0.717) is 23.7 Å². The number of amides is 1. The molecular formula is C40H56Cl2N3O3Ru-. The number of hydrogen-bond acceptors (Lipinski definition) is 4.